The molecule has 1 aliphatic rings. The number of carbonyl (C=O) groups is 1. The molecule has 4 heteroatoms. The second kappa shape index (κ2) is 7.28. The first kappa shape index (κ1) is 16.2. The van der Waals surface area contributed by atoms with E-state index in [9.17, 15) is 4.79 Å². The van der Waals surface area contributed by atoms with Crippen LogP contribution in [0.2, 0.25) is 0 Å². The van der Waals surface area contributed by atoms with Crippen molar-refractivity contribution >= 4 is 21.8 Å². The van der Waals surface area contributed by atoms with Crippen molar-refractivity contribution in [1.82, 2.24) is 4.90 Å². The molecule has 1 heterocycles. The lowest BCUT2D eigenvalue weighted by molar-refractivity contribution is 0.0713. The van der Waals surface area contributed by atoms with E-state index in [1.54, 1.807) is 0 Å². The molecular formula is C19H21BrN2O. The predicted octanol–water partition coefficient (Wildman–Crippen LogP) is 3.93. The Morgan fingerprint density at radius 2 is 1.83 bits per heavy atom. The van der Waals surface area contributed by atoms with Crippen LogP contribution in [0.25, 0.3) is 0 Å². The number of nitrogens with two attached hydrogens (primary N) is 1. The Kier molecular flexibility index (Phi) is 5.13. The van der Waals surface area contributed by atoms with Gasteiger partial charge in [-0.1, -0.05) is 40.2 Å². The van der Waals surface area contributed by atoms with Gasteiger partial charge in [0.1, 0.15) is 0 Å². The zero-order chi connectivity index (χ0) is 16.2. The van der Waals surface area contributed by atoms with Crippen LogP contribution in [-0.4, -0.2) is 23.9 Å². The fourth-order valence-electron chi connectivity index (χ4n) is 3.16. The Hall–Kier alpha value is -1.65. The van der Waals surface area contributed by atoms with E-state index < -0.39 is 0 Å². The van der Waals surface area contributed by atoms with Crippen molar-refractivity contribution in [1.29, 1.82) is 0 Å². The van der Waals surface area contributed by atoms with Gasteiger partial charge in [-0.25, -0.2) is 0 Å². The van der Waals surface area contributed by atoms with Crippen molar-refractivity contribution in [2.75, 3.05) is 13.1 Å². The minimum Gasteiger partial charge on any atom is -0.339 e. The maximum atomic E-state index is 12.5. The number of benzene rings is 2. The Morgan fingerprint density at radius 1 is 1.13 bits per heavy atom. The van der Waals surface area contributed by atoms with E-state index in [2.05, 4.69) is 40.2 Å². The normalized spacial score (nSPS) is 15.7. The Bertz CT molecular complexity index is 676. The summed E-state index contributed by atoms with van der Waals surface area (Å²) >= 11 is 3.40. The van der Waals surface area contributed by atoms with E-state index >= 15 is 0 Å². The number of piperidine rings is 1. The molecule has 0 unspecified atom stereocenters. The van der Waals surface area contributed by atoms with Crippen LogP contribution in [0.3, 0.4) is 0 Å². The van der Waals surface area contributed by atoms with Crippen molar-refractivity contribution < 1.29 is 4.79 Å². The summed E-state index contributed by atoms with van der Waals surface area (Å²) in [5, 5.41) is 0. The number of hydrogen-bond donors (Lipinski definition) is 1. The standard InChI is InChI=1S/C19H21BrN2O/c20-18-6-4-16(5-7-18)19(23)22-10-8-15(9-11-22)17-3-1-2-14(12-17)13-21/h1-7,12,15H,8-11,13,21H2. The first-order valence-electron chi connectivity index (χ1n) is 8.01. The molecule has 1 aliphatic heterocycles. The van der Waals surface area contributed by atoms with Crippen LogP contribution in [0, 0.1) is 0 Å². The fraction of sp³-hybridized carbons (Fsp3) is 0.316. The first-order valence-corrected chi connectivity index (χ1v) is 8.80. The van der Waals surface area contributed by atoms with Crippen LogP contribution >= 0.6 is 15.9 Å². The molecule has 2 aromatic carbocycles. The van der Waals surface area contributed by atoms with Gasteiger partial charge in [-0.15, -0.1) is 0 Å². The minimum atomic E-state index is 0.131. The number of amides is 1. The molecule has 1 saturated heterocycles. The van der Waals surface area contributed by atoms with E-state index in [4.69, 9.17) is 5.73 Å². The van der Waals surface area contributed by atoms with Crippen molar-refractivity contribution in [3.05, 3.63) is 69.7 Å². The summed E-state index contributed by atoms with van der Waals surface area (Å²) in [7, 11) is 0. The van der Waals surface area contributed by atoms with E-state index in [1.165, 1.54) is 11.1 Å². The highest BCUT2D eigenvalue weighted by molar-refractivity contribution is 9.10. The average Bonchev–Trinajstić information content (AvgIpc) is 2.62. The van der Waals surface area contributed by atoms with Gasteiger partial charge >= 0.3 is 0 Å². The SMILES string of the molecule is NCc1cccc(C2CCN(C(=O)c3ccc(Br)cc3)CC2)c1. The zero-order valence-electron chi connectivity index (χ0n) is 13.0. The third kappa shape index (κ3) is 3.82. The molecule has 3 rings (SSSR count). The molecule has 0 saturated carbocycles. The Labute approximate surface area is 145 Å². The average molecular weight is 373 g/mol. The molecule has 0 radical (unpaired) electrons. The summed E-state index contributed by atoms with van der Waals surface area (Å²) in [6.45, 7) is 2.20. The lowest BCUT2D eigenvalue weighted by Crippen LogP contribution is -2.37. The lowest BCUT2D eigenvalue weighted by Gasteiger charge is -2.32. The monoisotopic (exact) mass is 372 g/mol. The number of halogens is 1. The Morgan fingerprint density at radius 3 is 2.48 bits per heavy atom. The third-order valence-corrected chi connectivity index (χ3v) is 5.06. The molecule has 0 atom stereocenters. The molecule has 0 aromatic heterocycles. The Balaban J connectivity index is 1.63. The van der Waals surface area contributed by atoms with Crippen LogP contribution in [0.5, 0.6) is 0 Å². The van der Waals surface area contributed by atoms with Crippen LogP contribution in [0.1, 0.15) is 40.2 Å². The summed E-state index contributed by atoms with van der Waals surface area (Å²) in [6.07, 6.45) is 2.02. The van der Waals surface area contributed by atoms with Crippen molar-refractivity contribution in [3.63, 3.8) is 0 Å². The number of rotatable bonds is 3. The predicted molar refractivity (Wildman–Crippen MR) is 96.4 cm³/mol. The van der Waals surface area contributed by atoms with Crippen molar-refractivity contribution in [2.24, 2.45) is 5.73 Å². The highest BCUT2D eigenvalue weighted by Gasteiger charge is 2.24. The zero-order valence-corrected chi connectivity index (χ0v) is 14.6. The van der Waals surface area contributed by atoms with Gasteiger partial charge in [0.25, 0.3) is 5.91 Å². The quantitative estimate of drug-likeness (QED) is 0.886. The summed E-state index contributed by atoms with van der Waals surface area (Å²) in [5.41, 5.74) is 9.02. The summed E-state index contributed by atoms with van der Waals surface area (Å²) in [4.78, 5) is 14.5. The third-order valence-electron chi connectivity index (χ3n) is 4.53. The number of nitrogens with zero attached hydrogens (tertiary/aromatic N) is 1. The largest absolute Gasteiger partial charge is 0.339 e. The smallest absolute Gasteiger partial charge is 0.253 e. The second-order valence-electron chi connectivity index (χ2n) is 6.02. The van der Waals surface area contributed by atoms with E-state index in [-0.39, 0.29) is 5.91 Å². The molecular weight excluding hydrogens is 352 g/mol. The maximum Gasteiger partial charge on any atom is 0.253 e. The molecule has 1 amide bonds. The first-order chi connectivity index (χ1) is 11.2. The van der Waals surface area contributed by atoms with Gasteiger partial charge < -0.3 is 10.6 Å². The van der Waals surface area contributed by atoms with Gasteiger partial charge in [0.15, 0.2) is 0 Å². The summed E-state index contributed by atoms with van der Waals surface area (Å²) in [5.74, 6) is 0.655. The van der Waals surface area contributed by atoms with Crippen molar-refractivity contribution in [3.8, 4) is 0 Å². The van der Waals surface area contributed by atoms with E-state index in [1.807, 2.05) is 29.2 Å². The summed E-state index contributed by atoms with van der Waals surface area (Å²) < 4.78 is 0.993. The highest BCUT2D eigenvalue weighted by Crippen LogP contribution is 2.29. The fourth-order valence-corrected chi connectivity index (χ4v) is 3.43. The van der Waals surface area contributed by atoms with E-state index in [0.717, 1.165) is 36.0 Å². The minimum absolute atomic E-state index is 0.131. The van der Waals surface area contributed by atoms with E-state index in [0.29, 0.717) is 12.5 Å². The van der Waals surface area contributed by atoms with Gasteiger partial charge in [0.2, 0.25) is 0 Å². The van der Waals surface area contributed by atoms with Gasteiger partial charge in [-0.3, -0.25) is 4.79 Å². The molecule has 0 spiro atoms. The molecule has 0 aliphatic carbocycles. The maximum absolute atomic E-state index is 12.5. The topological polar surface area (TPSA) is 46.3 Å². The molecule has 0 bridgehead atoms. The van der Waals surface area contributed by atoms with Crippen LogP contribution < -0.4 is 5.73 Å². The molecule has 2 aromatic rings. The molecule has 120 valence electrons. The highest BCUT2D eigenvalue weighted by atomic mass is 79.9. The molecule has 2 N–H and O–H groups in total. The molecule has 1 fully saturated rings. The number of carbonyl (C=O) groups excluding carboxylic acids is 1. The van der Waals surface area contributed by atoms with Gasteiger partial charge in [0, 0.05) is 29.7 Å². The van der Waals surface area contributed by atoms with Gasteiger partial charge in [-0.2, -0.15) is 0 Å². The lowest BCUT2D eigenvalue weighted by atomic mass is 9.88. The van der Waals surface area contributed by atoms with Crippen molar-refractivity contribution in [2.45, 2.75) is 25.3 Å². The van der Waals surface area contributed by atoms with Gasteiger partial charge in [-0.05, 0) is 54.2 Å². The number of hydrogen-bond acceptors (Lipinski definition) is 2. The summed E-state index contributed by atoms with van der Waals surface area (Å²) in [6, 6.07) is 16.1. The van der Waals surface area contributed by atoms with Crippen LogP contribution in [-0.2, 0) is 6.54 Å². The molecule has 23 heavy (non-hydrogen) atoms. The van der Waals surface area contributed by atoms with Gasteiger partial charge in [0.05, 0.1) is 0 Å². The molecule has 3 nitrogen and oxygen atoms in total. The second-order valence-corrected chi connectivity index (χ2v) is 6.94. The van der Waals surface area contributed by atoms with Crippen LogP contribution in [0.15, 0.2) is 53.0 Å². The van der Waals surface area contributed by atoms with Crippen LogP contribution in [0.4, 0.5) is 0 Å². The number of likely N-dealkylation sites (tertiary alicyclic amines) is 1.